The molecule has 33 heavy (non-hydrogen) atoms. The van der Waals surface area contributed by atoms with Gasteiger partial charge in [-0.05, 0) is 67.2 Å². The average Bonchev–Trinajstić information content (AvgIpc) is 3.20. The highest BCUT2D eigenvalue weighted by Gasteiger charge is 2.35. The van der Waals surface area contributed by atoms with Crippen molar-refractivity contribution in [1.29, 1.82) is 0 Å². The van der Waals surface area contributed by atoms with E-state index < -0.39 is 16.7 Å². The van der Waals surface area contributed by atoms with Crippen LogP contribution in [0.15, 0.2) is 63.0 Å². The van der Waals surface area contributed by atoms with Crippen LogP contribution in [-0.2, 0) is 9.59 Å². The highest BCUT2D eigenvalue weighted by molar-refractivity contribution is 9.10. The van der Waals surface area contributed by atoms with Crippen molar-refractivity contribution in [2.24, 2.45) is 0 Å². The van der Waals surface area contributed by atoms with Crippen molar-refractivity contribution < 1.29 is 18.9 Å². The highest BCUT2D eigenvalue weighted by Crippen LogP contribution is 2.33. The number of hydrogen-bond acceptors (Lipinski definition) is 6. The number of carbonyl (C=O) groups is 2. The number of anilines is 1. The van der Waals surface area contributed by atoms with Crippen molar-refractivity contribution in [2.45, 2.75) is 6.92 Å². The van der Waals surface area contributed by atoms with Crippen LogP contribution in [0.4, 0.5) is 11.4 Å². The van der Waals surface area contributed by atoms with Crippen LogP contribution in [0.3, 0.4) is 0 Å². The fourth-order valence-electron chi connectivity index (χ4n) is 3.28. The van der Waals surface area contributed by atoms with Gasteiger partial charge in [0.2, 0.25) is 0 Å². The van der Waals surface area contributed by atoms with Crippen LogP contribution >= 0.6 is 39.7 Å². The quantitative estimate of drug-likeness (QED) is 0.154. The fraction of sp³-hybridized carbons (Fsp3) is 0.0455. The van der Waals surface area contributed by atoms with Gasteiger partial charge in [0.15, 0.2) is 5.11 Å². The molecular formula is C22H13BrClN3O5S. The topological polar surface area (TPSA) is 106 Å². The van der Waals surface area contributed by atoms with Gasteiger partial charge in [0, 0.05) is 22.2 Å². The van der Waals surface area contributed by atoms with Crippen molar-refractivity contribution in [1.82, 2.24) is 5.32 Å². The normalized spacial score (nSPS) is 15.2. The molecule has 0 bridgehead atoms. The minimum Gasteiger partial charge on any atom is -0.457 e. The minimum atomic E-state index is -0.651. The predicted molar refractivity (Wildman–Crippen MR) is 131 cm³/mol. The molecule has 0 unspecified atom stereocenters. The number of nitro benzene ring substituents is 1. The summed E-state index contributed by atoms with van der Waals surface area (Å²) in [4.78, 5) is 37.3. The first-order valence-corrected chi connectivity index (χ1v) is 11.0. The van der Waals surface area contributed by atoms with Crippen LogP contribution in [0.5, 0.6) is 0 Å². The maximum absolute atomic E-state index is 13.2. The summed E-state index contributed by atoms with van der Waals surface area (Å²) in [6.45, 7) is 1.82. The molecule has 8 nitrogen and oxygen atoms in total. The highest BCUT2D eigenvalue weighted by atomic mass is 79.9. The lowest BCUT2D eigenvalue weighted by Crippen LogP contribution is -2.54. The Morgan fingerprint density at radius 1 is 1.18 bits per heavy atom. The molecule has 0 saturated carbocycles. The zero-order valence-corrected chi connectivity index (χ0v) is 20.0. The summed E-state index contributed by atoms with van der Waals surface area (Å²) in [5, 5.41) is 13.5. The van der Waals surface area contributed by atoms with Gasteiger partial charge >= 0.3 is 0 Å². The number of amides is 2. The number of halogens is 2. The summed E-state index contributed by atoms with van der Waals surface area (Å²) < 4.78 is 6.58. The lowest BCUT2D eigenvalue weighted by Gasteiger charge is -2.29. The molecule has 1 aliphatic heterocycles. The van der Waals surface area contributed by atoms with Crippen LogP contribution in [0.25, 0.3) is 17.4 Å². The Hall–Kier alpha value is -3.34. The number of nitrogens with zero attached hydrogens (tertiary/aromatic N) is 2. The van der Waals surface area contributed by atoms with Gasteiger partial charge in [-0.1, -0.05) is 27.5 Å². The molecule has 2 amide bonds. The molecule has 2 heterocycles. The molecule has 1 fully saturated rings. The minimum absolute atomic E-state index is 0.0228. The molecule has 4 rings (SSSR count). The second-order valence-corrected chi connectivity index (χ2v) is 8.72. The Labute approximate surface area is 206 Å². The number of benzene rings is 2. The molecule has 1 saturated heterocycles. The van der Waals surface area contributed by atoms with Crippen LogP contribution in [0.2, 0.25) is 5.02 Å². The monoisotopic (exact) mass is 545 g/mol. The van der Waals surface area contributed by atoms with Crippen LogP contribution in [0, 0.1) is 17.0 Å². The third kappa shape index (κ3) is 4.45. The Morgan fingerprint density at radius 2 is 1.94 bits per heavy atom. The molecule has 0 atom stereocenters. The van der Waals surface area contributed by atoms with Gasteiger partial charge in [0.1, 0.15) is 17.1 Å². The summed E-state index contributed by atoms with van der Waals surface area (Å²) in [5.41, 5.74) is 1.43. The van der Waals surface area contributed by atoms with Gasteiger partial charge in [0.05, 0.1) is 15.6 Å². The first-order valence-electron chi connectivity index (χ1n) is 9.37. The number of nitro groups is 1. The molecule has 1 aliphatic rings. The van der Waals surface area contributed by atoms with Crippen molar-refractivity contribution in [2.75, 3.05) is 4.90 Å². The van der Waals surface area contributed by atoms with Gasteiger partial charge in [-0.25, -0.2) is 0 Å². The fourth-order valence-corrected chi connectivity index (χ4v) is 4.30. The number of non-ortho nitro benzene ring substituents is 1. The summed E-state index contributed by atoms with van der Waals surface area (Å²) in [6, 6.07) is 12.5. The van der Waals surface area contributed by atoms with Gasteiger partial charge in [-0.15, -0.1) is 0 Å². The number of rotatable bonds is 4. The Bertz CT molecular complexity index is 1380. The summed E-state index contributed by atoms with van der Waals surface area (Å²) in [6.07, 6.45) is 1.31. The molecule has 0 aliphatic carbocycles. The molecule has 11 heteroatoms. The first-order chi connectivity index (χ1) is 15.7. The van der Waals surface area contributed by atoms with Crippen molar-refractivity contribution >= 4 is 74.1 Å². The van der Waals surface area contributed by atoms with Gasteiger partial charge in [-0.3, -0.25) is 29.9 Å². The maximum Gasteiger partial charge on any atom is 0.270 e. The van der Waals surface area contributed by atoms with E-state index in [2.05, 4.69) is 21.2 Å². The zero-order valence-electron chi connectivity index (χ0n) is 16.8. The van der Waals surface area contributed by atoms with Crippen molar-refractivity contribution in [3.05, 3.63) is 85.0 Å². The average molecular weight is 547 g/mol. The number of nitrogens with one attached hydrogen (secondary N) is 1. The molecule has 0 spiro atoms. The SMILES string of the molecule is Cc1cc(Br)ccc1N1C(=O)/C(=C/c2ccc(-c3ccc([N+](=O)[O-])cc3Cl)o2)C(=O)NC1=S. The second-order valence-electron chi connectivity index (χ2n) is 7.01. The lowest BCUT2D eigenvalue weighted by atomic mass is 10.1. The number of hydrogen-bond donors (Lipinski definition) is 1. The van der Waals surface area contributed by atoms with E-state index in [4.69, 9.17) is 28.2 Å². The van der Waals surface area contributed by atoms with E-state index >= 15 is 0 Å². The first kappa shape index (κ1) is 22.8. The molecule has 3 aromatic rings. The van der Waals surface area contributed by atoms with Gasteiger partial charge < -0.3 is 4.42 Å². The number of furan rings is 1. The van der Waals surface area contributed by atoms with Crippen LogP contribution in [0.1, 0.15) is 11.3 Å². The second kappa shape index (κ2) is 8.89. The van der Waals surface area contributed by atoms with E-state index in [0.717, 1.165) is 10.0 Å². The van der Waals surface area contributed by atoms with Gasteiger partial charge in [0.25, 0.3) is 17.5 Å². The largest absolute Gasteiger partial charge is 0.457 e. The Balaban J connectivity index is 1.68. The molecule has 166 valence electrons. The molecule has 1 N–H and O–H groups in total. The molecule has 2 aromatic carbocycles. The third-order valence-corrected chi connectivity index (χ3v) is 5.93. The summed E-state index contributed by atoms with van der Waals surface area (Å²) in [7, 11) is 0. The van der Waals surface area contributed by atoms with E-state index in [0.29, 0.717) is 17.0 Å². The van der Waals surface area contributed by atoms with Crippen molar-refractivity contribution in [3.8, 4) is 11.3 Å². The van der Waals surface area contributed by atoms with Crippen molar-refractivity contribution in [3.63, 3.8) is 0 Å². The van der Waals surface area contributed by atoms with Crippen LogP contribution < -0.4 is 10.2 Å². The van der Waals surface area contributed by atoms with Crippen LogP contribution in [-0.4, -0.2) is 21.9 Å². The standard InChI is InChI=1S/C22H13BrClN3O5S/c1-11-8-12(23)2-6-18(11)26-21(29)16(20(28)25-22(26)33)10-14-4-7-19(32-14)15-5-3-13(27(30)31)9-17(15)24/h2-10H,1H3,(H,25,28,33)/b16-10+. The van der Waals surface area contributed by atoms with E-state index in [1.54, 1.807) is 24.3 Å². The summed E-state index contributed by atoms with van der Waals surface area (Å²) in [5.74, 6) is -0.706. The molecular weight excluding hydrogens is 534 g/mol. The van der Waals surface area contributed by atoms with Gasteiger partial charge in [-0.2, -0.15) is 0 Å². The predicted octanol–water partition coefficient (Wildman–Crippen LogP) is 5.41. The Kier molecular flexibility index (Phi) is 6.15. The lowest BCUT2D eigenvalue weighted by molar-refractivity contribution is -0.384. The third-order valence-electron chi connectivity index (χ3n) is 4.84. The molecule has 1 aromatic heterocycles. The maximum atomic E-state index is 13.2. The Morgan fingerprint density at radius 3 is 2.61 bits per heavy atom. The van der Waals surface area contributed by atoms with E-state index in [-0.39, 0.29) is 27.2 Å². The number of thiocarbonyl (C=S) groups is 1. The number of aryl methyl sites for hydroxylation is 1. The van der Waals surface area contributed by atoms with E-state index in [1.807, 2.05) is 13.0 Å². The smallest absolute Gasteiger partial charge is 0.270 e. The van der Waals surface area contributed by atoms with E-state index in [1.165, 1.54) is 29.2 Å². The summed E-state index contributed by atoms with van der Waals surface area (Å²) >= 11 is 14.8. The number of carbonyl (C=O) groups excluding carboxylic acids is 2. The molecule has 0 radical (unpaired) electrons. The zero-order chi connectivity index (χ0) is 23.9. The van der Waals surface area contributed by atoms with E-state index in [9.17, 15) is 19.7 Å².